The van der Waals surface area contributed by atoms with Crippen LogP contribution < -0.4 is 9.47 Å². The molecular weight excluding hydrogens is 484 g/mol. The Balaban J connectivity index is 1.57. The van der Waals surface area contributed by atoms with E-state index in [4.69, 9.17) is 9.47 Å². The molecule has 0 spiro atoms. The molecule has 4 aromatic rings. The van der Waals surface area contributed by atoms with Crippen LogP contribution in [-0.4, -0.2) is 52.0 Å². The summed E-state index contributed by atoms with van der Waals surface area (Å²) in [6.07, 6.45) is 2.39. The summed E-state index contributed by atoms with van der Waals surface area (Å²) < 4.78 is 10.8. The van der Waals surface area contributed by atoms with Crippen molar-refractivity contribution in [2.24, 2.45) is 0 Å². The number of aromatic nitrogens is 1. The predicted octanol–water partition coefficient (Wildman–Crippen LogP) is 4.95. The number of ketones is 1. The standard InChI is InChI=1S/C30H28N2O6/c1-3-38-21-11-8-18(9-12-21)28(34)26-27(19-10-13-24(33)25(16-19)37-2)32(30(36)29(26)35)15-14-20-17-31-23-7-5-4-6-22(20)23/h4-13,16-17,27,31,33-34H,3,14-15H2,1-2H3/b28-26+. The molecule has 2 heterocycles. The number of phenolic OH excluding ortho intramolecular Hbond substituents is 1. The molecule has 3 aromatic carbocycles. The second-order valence-corrected chi connectivity index (χ2v) is 8.99. The van der Waals surface area contributed by atoms with E-state index in [2.05, 4.69) is 4.98 Å². The van der Waals surface area contributed by atoms with Crippen LogP contribution in [0.1, 0.15) is 29.7 Å². The fourth-order valence-corrected chi connectivity index (χ4v) is 4.93. The summed E-state index contributed by atoms with van der Waals surface area (Å²) in [5.74, 6) is -0.993. The Kier molecular flexibility index (Phi) is 6.79. The van der Waals surface area contributed by atoms with Crippen molar-refractivity contribution in [2.45, 2.75) is 19.4 Å². The predicted molar refractivity (Wildman–Crippen MR) is 143 cm³/mol. The van der Waals surface area contributed by atoms with Crippen molar-refractivity contribution in [3.05, 3.63) is 95.2 Å². The van der Waals surface area contributed by atoms with E-state index in [0.717, 1.165) is 16.5 Å². The number of carbonyl (C=O) groups is 2. The van der Waals surface area contributed by atoms with Crippen LogP contribution in [-0.2, 0) is 16.0 Å². The maximum absolute atomic E-state index is 13.4. The van der Waals surface area contributed by atoms with Gasteiger partial charge in [-0.3, -0.25) is 9.59 Å². The van der Waals surface area contributed by atoms with Crippen LogP contribution in [0.5, 0.6) is 17.2 Å². The summed E-state index contributed by atoms with van der Waals surface area (Å²) >= 11 is 0. The number of amides is 1. The number of para-hydroxylation sites is 1. The number of aliphatic hydroxyl groups excluding tert-OH is 1. The first-order valence-electron chi connectivity index (χ1n) is 12.4. The van der Waals surface area contributed by atoms with Crippen LogP contribution in [0.2, 0.25) is 0 Å². The van der Waals surface area contributed by atoms with Gasteiger partial charge in [0.1, 0.15) is 11.5 Å². The van der Waals surface area contributed by atoms with Crippen LogP contribution in [0.15, 0.2) is 78.5 Å². The molecule has 1 fully saturated rings. The Morgan fingerprint density at radius 2 is 1.82 bits per heavy atom. The maximum atomic E-state index is 13.4. The number of H-pyrrole nitrogens is 1. The van der Waals surface area contributed by atoms with E-state index in [1.807, 2.05) is 37.4 Å². The normalized spacial score (nSPS) is 16.8. The fraction of sp³-hybridized carbons (Fsp3) is 0.200. The second kappa shape index (κ2) is 10.3. The third-order valence-corrected chi connectivity index (χ3v) is 6.80. The molecule has 1 aliphatic rings. The smallest absolute Gasteiger partial charge is 0.295 e. The molecule has 0 aliphatic carbocycles. The monoisotopic (exact) mass is 512 g/mol. The number of hydrogen-bond acceptors (Lipinski definition) is 6. The number of Topliss-reactive ketones (excluding diaryl/α,β-unsaturated/α-hetero) is 1. The summed E-state index contributed by atoms with van der Waals surface area (Å²) in [6.45, 7) is 2.60. The lowest BCUT2D eigenvalue weighted by Crippen LogP contribution is -2.31. The van der Waals surface area contributed by atoms with Crippen LogP contribution in [0.4, 0.5) is 0 Å². The number of aromatic hydroxyl groups is 1. The number of nitrogens with zero attached hydrogens (tertiary/aromatic N) is 1. The molecule has 0 radical (unpaired) electrons. The molecule has 1 aromatic heterocycles. The van der Waals surface area contributed by atoms with Gasteiger partial charge in [0.25, 0.3) is 11.7 Å². The first-order valence-corrected chi connectivity index (χ1v) is 12.4. The van der Waals surface area contributed by atoms with E-state index in [1.54, 1.807) is 36.4 Å². The average Bonchev–Trinajstić information content (AvgIpc) is 3.46. The molecule has 8 nitrogen and oxygen atoms in total. The number of carbonyl (C=O) groups excluding carboxylic acids is 2. The van der Waals surface area contributed by atoms with Crippen molar-refractivity contribution in [2.75, 3.05) is 20.3 Å². The highest BCUT2D eigenvalue weighted by Crippen LogP contribution is 2.42. The third-order valence-electron chi connectivity index (χ3n) is 6.80. The molecule has 5 rings (SSSR count). The molecule has 1 atom stereocenters. The van der Waals surface area contributed by atoms with E-state index in [-0.39, 0.29) is 29.4 Å². The third kappa shape index (κ3) is 4.45. The number of aromatic amines is 1. The van der Waals surface area contributed by atoms with Gasteiger partial charge in [0.2, 0.25) is 0 Å². The molecule has 0 bridgehead atoms. The largest absolute Gasteiger partial charge is 0.507 e. The zero-order chi connectivity index (χ0) is 26.8. The number of likely N-dealkylation sites (tertiary alicyclic amines) is 1. The van der Waals surface area contributed by atoms with Gasteiger partial charge < -0.3 is 29.6 Å². The summed E-state index contributed by atoms with van der Waals surface area (Å²) in [4.78, 5) is 31.4. The van der Waals surface area contributed by atoms with Crippen molar-refractivity contribution in [3.63, 3.8) is 0 Å². The lowest BCUT2D eigenvalue weighted by Gasteiger charge is -2.25. The van der Waals surface area contributed by atoms with Gasteiger partial charge in [-0.15, -0.1) is 0 Å². The van der Waals surface area contributed by atoms with Crippen molar-refractivity contribution in [3.8, 4) is 17.2 Å². The van der Waals surface area contributed by atoms with Crippen LogP contribution in [0, 0.1) is 0 Å². The van der Waals surface area contributed by atoms with Gasteiger partial charge >= 0.3 is 0 Å². The highest BCUT2D eigenvalue weighted by atomic mass is 16.5. The van der Waals surface area contributed by atoms with Gasteiger partial charge in [-0.05, 0) is 66.9 Å². The van der Waals surface area contributed by atoms with Gasteiger partial charge in [0, 0.05) is 29.2 Å². The summed E-state index contributed by atoms with van der Waals surface area (Å²) in [5, 5.41) is 22.5. The molecule has 3 N–H and O–H groups in total. The van der Waals surface area contributed by atoms with E-state index in [0.29, 0.717) is 29.9 Å². The molecule has 1 saturated heterocycles. The van der Waals surface area contributed by atoms with Gasteiger partial charge in [-0.2, -0.15) is 0 Å². The zero-order valence-electron chi connectivity index (χ0n) is 21.1. The van der Waals surface area contributed by atoms with Gasteiger partial charge in [0.15, 0.2) is 11.5 Å². The number of hydrogen-bond donors (Lipinski definition) is 3. The van der Waals surface area contributed by atoms with Crippen molar-refractivity contribution < 1.29 is 29.3 Å². The van der Waals surface area contributed by atoms with Crippen molar-refractivity contribution in [1.82, 2.24) is 9.88 Å². The van der Waals surface area contributed by atoms with Crippen LogP contribution in [0.25, 0.3) is 16.7 Å². The molecular formula is C30H28N2O6. The minimum Gasteiger partial charge on any atom is -0.507 e. The molecule has 38 heavy (non-hydrogen) atoms. The number of rotatable bonds is 8. The Hall–Kier alpha value is -4.72. The highest BCUT2D eigenvalue weighted by molar-refractivity contribution is 6.46. The number of nitrogens with one attached hydrogen (secondary N) is 1. The van der Waals surface area contributed by atoms with Crippen molar-refractivity contribution >= 4 is 28.4 Å². The topological polar surface area (TPSA) is 112 Å². The number of phenols is 1. The van der Waals surface area contributed by atoms with E-state index >= 15 is 0 Å². The number of aliphatic hydroxyl groups is 1. The first-order chi connectivity index (χ1) is 18.4. The van der Waals surface area contributed by atoms with E-state index in [1.165, 1.54) is 18.1 Å². The van der Waals surface area contributed by atoms with Gasteiger partial charge in [-0.25, -0.2) is 0 Å². The lowest BCUT2D eigenvalue weighted by molar-refractivity contribution is -0.139. The Morgan fingerprint density at radius 3 is 2.55 bits per heavy atom. The highest BCUT2D eigenvalue weighted by Gasteiger charge is 2.46. The second-order valence-electron chi connectivity index (χ2n) is 8.99. The number of fused-ring (bicyclic) bond motifs is 1. The summed E-state index contributed by atoms with van der Waals surface area (Å²) in [7, 11) is 1.42. The number of benzene rings is 3. The maximum Gasteiger partial charge on any atom is 0.295 e. The number of methoxy groups -OCH3 is 1. The molecule has 194 valence electrons. The minimum atomic E-state index is -0.874. The lowest BCUT2D eigenvalue weighted by atomic mass is 9.94. The Labute approximate surface area is 219 Å². The van der Waals surface area contributed by atoms with Gasteiger partial charge in [0.05, 0.1) is 25.3 Å². The fourth-order valence-electron chi connectivity index (χ4n) is 4.93. The zero-order valence-corrected chi connectivity index (χ0v) is 21.1. The molecule has 1 unspecified atom stereocenters. The molecule has 1 amide bonds. The summed E-state index contributed by atoms with van der Waals surface area (Å²) in [6, 6.07) is 18.3. The van der Waals surface area contributed by atoms with E-state index < -0.39 is 17.7 Å². The minimum absolute atomic E-state index is 0.0224. The van der Waals surface area contributed by atoms with E-state index in [9.17, 15) is 19.8 Å². The number of ether oxygens (including phenoxy) is 2. The quantitative estimate of drug-likeness (QED) is 0.175. The van der Waals surface area contributed by atoms with Crippen LogP contribution >= 0.6 is 0 Å². The average molecular weight is 513 g/mol. The molecule has 1 aliphatic heterocycles. The van der Waals surface area contributed by atoms with Crippen LogP contribution in [0.3, 0.4) is 0 Å². The SMILES string of the molecule is CCOc1ccc(/C(O)=C2\C(=O)C(=O)N(CCc3c[nH]c4ccccc34)C2c2ccc(O)c(OC)c2)cc1. The summed E-state index contributed by atoms with van der Waals surface area (Å²) in [5.41, 5.74) is 2.89. The Bertz CT molecular complexity index is 1540. The Morgan fingerprint density at radius 1 is 1.05 bits per heavy atom. The van der Waals surface area contributed by atoms with Crippen molar-refractivity contribution in [1.29, 1.82) is 0 Å². The van der Waals surface area contributed by atoms with Gasteiger partial charge in [-0.1, -0.05) is 24.3 Å². The first kappa shape index (κ1) is 25.0. The molecule has 0 saturated carbocycles. The molecule has 8 heteroatoms.